The first kappa shape index (κ1) is 16.3. The Kier molecular flexibility index (Phi) is 4.44. The number of carbonyl (C=O) groups is 1. The first-order valence-electron chi connectivity index (χ1n) is 7.62. The maximum atomic E-state index is 12.1. The van der Waals surface area contributed by atoms with Crippen molar-refractivity contribution < 1.29 is 9.21 Å². The second-order valence-corrected chi connectivity index (χ2v) is 6.02. The van der Waals surface area contributed by atoms with E-state index in [4.69, 9.17) is 16.0 Å². The Morgan fingerprint density at radius 2 is 2.17 bits per heavy atom. The molecule has 0 aliphatic heterocycles. The van der Waals surface area contributed by atoms with Gasteiger partial charge >= 0.3 is 0 Å². The first-order chi connectivity index (χ1) is 11.5. The van der Waals surface area contributed by atoms with E-state index in [1.54, 1.807) is 17.8 Å². The lowest BCUT2D eigenvalue weighted by molar-refractivity contribution is -0.117. The van der Waals surface area contributed by atoms with Gasteiger partial charge in [-0.3, -0.25) is 9.48 Å². The van der Waals surface area contributed by atoms with Gasteiger partial charge in [0.15, 0.2) is 0 Å². The smallest absolute Gasteiger partial charge is 0.244 e. The van der Waals surface area contributed by atoms with E-state index in [1.165, 1.54) is 6.08 Å². The van der Waals surface area contributed by atoms with Gasteiger partial charge in [-0.1, -0.05) is 29.8 Å². The predicted molar refractivity (Wildman–Crippen MR) is 94.8 cm³/mol. The third kappa shape index (κ3) is 3.21. The molecule has 6 heteroatoms. The molecule has 2 heterocycles. The lowest BCUT2D eigenvalue weighted by Crippen LogP contribution is -2.24. The molecule has 3 aromatic rings. The molecule has 124 valence electrons. The molecule has 1 atom stereocenters. The molecule has 0 aliphatic rings. The van der Waals surface area contributed by atoms with Crippen LogP contribution in [0.3, 0.4) is 0 Å². The average molecular weight is 344 g/mol. The van der Waals surface area contributed by atoms with Gasteiger partial charge in [-0.2, -0.15) is 5.10 Å². The van der Waals surface area contributed by atoms with Crippen LogP contribution in [-0.2, 0) is 11.8 Å². The highest BCUT2D eigenvalue weighted by molar-refractivity contribution is 6.31. The number of hydrogen-bond acceptors (Lipinski definition) is 3. The highest BCUT2D eigenvalue weighted by Crippen LogP contribution is 2.24. The van der Waals surface area contributed by atoms with Crippen molar-refractivity contribution in [3.63, 3.8) is 0 Å². The molecule has 0 radical (unpaired) electrons. The van der Waals surface area contributed by atoms with Crippen LogP contribution in [0.15, 0.2) is 40.8 Å². The fourth-order valence-corrected chi connectivity index (χ4v) is 2.78. The van der Waals surface area contributed by atoms with E-state index in [0.717, 1.165) is 22.2 Å². The zero-order chi connectivity index (χ0) is 17.3. The highest BCUT2D eigenvalue weighted by Gasteiger charge is 2.13. The summed E-state index contributed by atoms with van der Waals surface area (Å²) in [7, 11) is 1.76. The van der Waals surface area contributed by atoms with Gasteiger partial charge in [0.1, 0.15) is 16.5 Å². The van der Waals surface area contributed by atoms with E-state index in [-0.39, 0.29) is 11.9 Å². The third-order valence-corrected chi connectivity index (χ3v) is 4.28. The van der Waals surface area contributed by atoms with Gasteiger partial charge in [0.25, 0.3) is 0 Å². The monoisotopic (exact) mass is 343 g/mol. The molecule has 1 aromatic carbocycles. The van der Waals surface area contributed by atoms with Crippen LogP contribution in [0.1, 0.15) is 30.0 Å². The van der Waals surface area contributed by atoms with Crippen molar-refractivity contribution in [2.45, 2.75) is 19.9 Å². The number of nitrogens with zero attached hydrogens (tertiary/aromatic N) is 2. The van der Waals surface area contributed by atoms with Crippen LogP contribution in [0.25, 0.3) is 17.0 Å². The third-order valence-electron chi connectivity index (χ3n) is 3.83. The normalized spacial score (nSPS) is 12.8. The standard InChI is InChI=1S/C18H18ClN3O2/c1-11-14(18(19)22(3)21-11)8-9-17(23)20-12(2)16-10-13-6-4-5-7-15(13)24-16/h4-10,12H,1-3H3,(H,20,23)/b9-8+. The molecular weight excluding hydrogens is 326 g/mol. The minimum atomic E-state index is -0.236. The molecule has 0 saturated heterocycles. The van der Waals surface area contributed by atoms with Crippen molar-refractivity contribution in [2.24, 2.45) is 7.05 Å². The number of nitrogens with one attached hydrogen (secondary N) is 1. The summed E-state index contributed by atoms with van der Waals surface area (Å²) in [6.07, 6.45) is 3.13. The van der Waals surface area contributed by atoms with Gasteiger partial charge in [-0.25, -0.2) is 0 Å². The molecule has 0 aliphatic carbocycles. The molecule has 0 bridgehead atoms. The molecule has 1 amide bonds. The van der Waals surface area contributed by atoms with Crippen LogP contribution < -0.4 is 5.32 Å². The van der Waals surface area contributed by atoms with Crippen molar-refractivity contribution >= 4 is 34.6 Å². The van der Waals surface area contributed by atoms with E-state index >= 15 is 0 Å². The van der Waals surface area contributed by atoms with Gasteiger partial charge in [-0.05, 0) is 32.1 Å². The summed E-state index contributed by atoms with van der Waals surface area (Å²) >= 11 is 6.15. The number of hydrogen-bond donors (Lipinski definition) is 1. The predicted octanol–water partition coefficient (Wildman–Crippen LogP) is 4.02. The molecule has 5 nitrogen and oxygen atoms in total. The molecular formula is C18H18ClN3O2. The Morgan fingerprint density at radius 3 is 2.83 bits per heavy atom. The summed E-state index contributed by atoms with van der Waals surface area (Å²) < 4.78 is 7.34. The molecule has 3 rings (SSSR count). The van der Waals surface area contributed by atoms with Crippen LogP contribution >= 0.6 is 11.6 Å². The maximum absolute atomic E-state index is 12.1. The first-order valence-corrected chi connectivity index (χ1v) is 7.99. The van der Waals surface area contributed by atoms with Crippen molar-refractivity contribution in [2.75, 3.05) is 0 Å². The Hall–Kier alpha value is -2.53. The summed E-state index contributed by atoms with van der Waals surface area (Å²) in [6, 6.07) is 9.45. The zero-order valence-electron chi connectivity index (χ0n) is 13.7. The lowest BCUT2D eigenvalue weighted by atomic mass is 10.2. The van der Waals surface area contributed by atoms with Crippen molar-refractivity contribution in [1.29, 1.82) is 0 Å². The topological polar surface area (TPSA) is 60.1 Å². The molecule has 0 fully saturated rings. The quantitative estimate of drug-likeness (QED) is 0.728. The van der Waals surface area contributed by atoms with Crippen LogP contribution in [0.4, 0.5) is 0 Å². The molecule has 24 heavy (non-hydrogen) atoms. The van der Waals surface area contributed by atoms with Crippen LogP contribution in [0.2, 0.25) is 5.15 Å². The maximum Gasteiger partial charge on any atom is 0.244 e. The van der Waals surface area contributed by atoms with Crippen LogP contribution in [0.5, 0.6) is 0 Å². The second-order valence-electron chi connectivity index (χ2n) is 5.66. The van der Waals surface area contributed by atoms with E-state index in [0.29, 0.717) is 10.9 Å². The molecule has 0 spiro atoms. The van der Waals surface area contributed by atoms with Crippen molar-refractivity contribution in [3.8, 4) is 0 Å². The Bertz CT molecular complexity index is 891. The lowest BCUT2D eigenvalue weighted by Gasteiger charge is -2.09. The number of halogens is 1. The number of rotatable bonds is 4. The molecule has 0 saturated carbocycles. The zero-order valence-corrected chi connectivity index (χ0v) is 14.5. The van der Waals surface area contributed by atoms with Gasteiger partial charge in [-0.15, -0.1) is 0 Å². The number of para-hydroxylation sites is 1. The minimum absolute atomic E-state index is 0.220. The van der Waals surface area contributed by atoms with E-state index in [9.17, 15) is 4.79 Å². The number of furan rings is 1. The number of aromatic nitrogens is 2. The van der Waals surface area contributed by atoms with Crippen LogP contribution in [0, 0.1) is 6.92 Å². The Balaban J connectivity index is 1.71. The summed E-state index contributed by atoms with van der Waals surface area (Å²) in [4.78, 5) is 12.1. The summed E-state index contributed by atoms with van der Waals surface area (Å²) in [5.74, 6) is 0.496. The Labute approximate surface area is 144 Å². The van der Waals surface area contributed by atoms with Crippen molar-refractivity contribution in [3.05, 3.63) is 58.6 Å². The average Bonchev–Trinajstić information content (AvgIpc) is 3.08. The van der Waals surface area contributed by atoms with Crippen LogP contribution in [-0.4, -0.2) is 15.7 Å². The van der Waals surface area contributed by atoms with Gasteiger partial charge in [0.05, 0.1) is 11.7 Å². The van der Waals surface area contributed by atoms with E-state index < -0.39 is 0 Å². The number of benzene rings is 1. The Morgan fingerprint density at radius 1 is 1.42 bits per heavy atom. The molecule has 1 unspecified atom stereocenters. The van der Waals surface area contributed by atoms with Gasteiger partial charge in [0, 0.05) is 24.1 Å². The largest absolute Gasteiger partial charge is 0.459 e. The fraction of sp³-hybridized carbons (Fsp3) is 0.222. The summed E-state index contributed by atoms with van der Waals surface area (Å²) in [5.41, 5.74) is 2.32. The molecule has 1 N–H and O–H groups in total. The van der Waals surface area contributed by atoms with Gasteiger partial charge in [0.2, 0.25) is 5.91 Å². The number of aryl methyl sites for hydroxylation is 2. The molecule has 2 aromatic heterocycles. The van der Waals surface area contributed by atoms with E-state index in [2.05, 4.69) is 10.4 Å². The number of carbonyl (C=O) groups excluding carboxylic acids is 1. The van der Waals surface area contributed by atoms with Crippen molar-refractivity contribution in [1.82, 2.24) is 15.1 Å². The minimum Gasteiger partial charge on any atom is -0.459 e. The fourth-order valence-electron chi connectivity index (χ4n) is 2.54. The van der Waals surface area contributed by atoms with E-state index in [1.807, 2.05) is 44.2 Å². The SMILES string of the molecule is Cc1nn(C)c(Cl)c1/C=C/C(=O)NC(C)c1cc2ccccc2o1. The van der Waals surface area contributed by atoms with Gasteiger partial charge < -0.3 is 9.73 Å². The number of fused-ring (bicyclic) bond motifs is 1. The highest BCUT2D eigenvalue weighted by atomic mass is 35.5. The summed E-state index contributed by atoms with van der Waals surface area (Å²) in [6.45, 7) is 3.73. The second kappa shape index (κ2) is 6.53. The summed E-state index contributed by atoms with van der Waals surface area (Å²) in [5, 5.41) is 8.61. The number of amides is 1.